The fourth-order valence-corrected chi connectivity index (χ4v) is 2.28. The summed E-state index contributed by atoms with van der Waals surface area (Å²) in [7, 11) is 0. The van der Waals surface area contributed by atoms with Gasteiger partial charge in [-0.1, -0.05) is 6.92 Å². The minimum Gasteiger partial charge on any atom is -0.383 e. The first-order chi connectivity index (χ1) is 4.54. The highest BCUT2D eigenvalue weighted by Crippen LogP contribution is 2.37. The summed E-state index contributed by atoms with van der Waals surface area (Å²) in [4.78, 5) is 0. The highest BCUT2D eigenvalue weighted by molar-refractivity contribution is 8.00. The molecule has 1 N–H and O–H groups in total. The molecule has 0 aromatic carbocycles. The average Bonchev–Trinajstić information content (AvgIpc) is 2.13. The number of hydrogen-bond donors (Lipinski definition) is 1. The van der Waals surface area contributed by atoms with E-state index in [0.29, 0.717) is 0 Å². The van der Waals surface area contributed by atoms with Crippen molar-refractivity contribution < 1.29 is 13.9 Å². The van der Waals surface area contributed by atoms with Crippen LogP contribution >= 0.6 is 11.8 Å². The van der Waals surface area contributed by atoms with Crippen LogP contribution in [0.5, 0.6) is 0 Å². The Morgan fingerprint density at radius 3 is 2.50 bits per heavy atom. The molecule has 0 aromatic rings. The highest BCUT2D eigenvalue weighted by Gasteiger charge is 2.43. The van der Waals surface area contributed by atoms with E-state index in [2.05, 4.69) is 0 Å². The summed E-state index contributed by atoms with van der Waals surface area (Å²) >= 11 is 1.40. The molecule has 1 fully saturated rings. The van der Waals surface area contributed by atoms with Crippen molar-refractivity contribution >= 4 is 11.8 Å². The summed E-state index contributed by atoms with van der Waals surface area (Å²) < 4.78 is 24.1. The first-order valence-electron chi connectivity index (χ1n) is 3.17. The lowest BCUT2D eigenvalue weighted by Crippen LogP contribution is -2.37. The van der Waals surface area contributed by atoms with Gasteiger partial charge in [-0.15, -0.1) is 0 Å². The number of thioether (sulfide) groups is 1. The topological polar surface area (TPSA) is 20.2 Å². The highest BCUT2D eigenvalue weighted by atomic mass is 32.2. The zero-order valence-corrected chi connectivity index (χ0v) is 6.50. The lowest BCUT2D eigenvalue weighted by atomic mass is 10.0. The van der Waals surface area contributed by atoms with Crippen LogP contribution in [-0.2, 0) is 0 Å². The molecule has 4 heteroatoms. The fourth-order valence-electron chi connectivity index (χ4n) is 1.05. The molecule has 0 saturated carbocycles. The summed E-state index contributed by atoms with van der Waals surface area (Å²) in [5.41, 5.74) is -1.70. The quantitative estimate of drug-likeness (QED) is 0.640. The first kappa shape index (κ1) is 8.27. The van der Waals surface area contributed by atoms with Crippen LogP contribution in [0.3, 0.4) is 0 Å². The molecule has 10 heavy (non-hydrogen) atoms. The van der Waals surface area contributed by atoms with Gasteiger partial charge in [0.25, 0.3) is 6.43 Å². The predicted molar refractivity (Wildman–Crippen MR) is 37.5 cm³/mol. The van der Waals surface area contributed by atoms with Gasteiger partial charge in [-0.05, 0) is 6.42 Å². The molecule has 1 heterocycles. The first-order valence-corrected chi connectivity index (χ1v) is 4.21. The van der Waals surface area contributed by atoms with E-state index in [1.807, 2.05) is 6.92 Å². The van der Waals surface area contributed by atoms with Gasteiger partial charge in [-0.2, -0.15) is 11.8 Å². The maximum Gasteiger partial charge on any atom is 0.267 e. The predicted octanol–water partition coefficient (Wildman–Crippen LogP) is 1.51. The van der Waals surface area contributed by atoms with E-state index in [-0.39, 0.29) is 17.4 Å². The molecule has 1 saturated heterocycles. The van der Waals surface area contributed by atoms with Crippen LogP contribution in [-0.4, -0.2) is 28.1 Å². The summed E-state index contributed by atoms with van der Waals surface area (Å²) in [6.45, 7) is 1.85. The molecule has 2 unspecified atom stereocenters. The second-order valence-electron chi connectivity index (χ2n) is 2.73. The Bertz CT molecular complexity index is 131. The normalized spacial score (nSPS) is 41.1. The molecule has 0 radical (unpaired) electrons. The lowest BCUT2D eigenvalue weighted by Gasteiger charge is -2.19. The van der Waals surface area contributed by atoms with E-state index in [1.165, 1.54) is 11.8 Å². The van der Waals surface area contributed by atoms with Gasteiger partial charge in [0.15, 0.2) is 0 Å². The van der Waals surface area contributed by atoms with Crippen molar-refractivity contribution in [2.75, 3.05) is 5.75 Å². The van der Waals surface area contributed by atoms with Gasteiger partial charge in [-0.3, -0.25) is 0 Å². The molecule has 60 valence electrons. The van der Waals surface area contributed by atoms with E-state index in [4.69, 9.17) is 5.11 Å². The molecule has 0 aliphatic carbocycles. The van der Waals surface area contributed by atoms with Crippen LogP contribution in [0.25, 0.3) is 0 Å². The Labute approximate surface area is 62.8 Å². The van der Waals surface area contributed by atoms with Crippen molar-refractivity contribution in [2.24, 2.45) is 0 Å². The zero-order chi connectivity index (χ0) is 7.78. The minimum absolute atomic E-state index is 0.166. The summed E-state index contributed by atoms with van der Waals surface area (Å²) in [5.74, 6) is 0.172. The van der Waals surface area contributed by atoms with Crippen molar-refractivity contribution in [1.82, 2.24) is 0 Å². The number of hydrogen-bond acceptors (Lipinski definition) is 2. The lowest BCUT2D eigenvalue weighted by molar-refractivity contribution is -0.0791. The van der Waals surface area contributed by atoms with E-state index >= 15 is 0 Å². The van der Waals surface area contributed by atoms with Crippen molar-refractivity contribution in [2.45, 2.75) is 30.6 Å². The van der Waals surface area contributed by atoms with Crippen LogP contribution < -0.4 is 0 Å². The molecule has 1 aliphatic heterocycles. The Morgan fingerprint density at radius 2 is 2.30 bits per heavy atom. The molecule has 0 spiro atoms. The van der Waals surface area contributed by atoms with Crippen LogP contribution in [0.4, 0.5) is 8.78 Å². The van der Waals surface area contributed by atoms with Gasteiger partial charge < -0.3 is 5.11 Å². The van der Waals surface area contributed by atoms with Crippen LogP contribution in [0.2, 0.25) is 0 Å². The Kier molecular flexibility index (Phi) is 2.20. The van der Waals surface area contributed by atoms with E-state index in [1.54, 1.807) is 0 Å². The van der Waals surface area contributed by atoms with E-state index < -0.39 is 12.0 Å². The summed E-state index contributed by atoms with van der Waals surface area (Å²) in [6.07, 6.45) is -2.38. The molecule has 0 aromatic heterocycles. The maximum absolute atomic E-state index is 12.0. The SMILES string of the molecule is CC1CC(O)(C(F)F)CS1. The van der Waals surface area contributed by atoms with Gasteiger partial charge in [0.2, 0.25) is 0 Å². The fraction of sp³-hybridized carbons (Fsp3) is 1.00. The molecule has 1 rings (SSSR count). The monoisotopic (exact) mass is 168 g/mol. The molecule has 2 atom stereocenters. The van der Waals surface area contributed by atoms with Gasteiger partial charge in [0.05, 0.1) is 0 Å². The van der Waals surface area contributed by atoms with E-state index in [0.717, 1.165) is 0 Å². The summed E-state index contributed by atoms with van der Waals surface area (Å²) in [6, 6.07) is 0. The molecular formula is C6H10F2OS. The number of rotatable bonds is 1. The smallest absolute Gasteiger partial charge is 0.267 e. The second kappa shape index (κ2) is 2.66. The minimum atomic E-state index is -2.59. The van der Waals surface area contributed by atoms with Crippen molar-refractivity contribution in [3.05, 3.63) is 0 Å². The molecule has 1 nitrogen and oxygen atoms in total. The van der Waals surface area contributed by atoms with Crippen LogP contribution in [0.1, 0.15) is 13.3 Å². The number of alkyl halides is 2. The third kappa shape index (κ3) is 1.42. The molecular weight excluding hydrogens is 158 g/mol. The van der Waals surface area contributed by atoms with Gasteiger partial charge in [0.1, 0.15) is 5.60 Å². The Hall–Kier alpha value is 0.170. The molecule has 0 bridgehead atoms. The third-order valence-corrected chi connectivity index (χ3v) is 3.07. The Morgan fingerprint density at radius 1 is 1.70 bits per heavy atom. The van der Waals surface area contributed by atoms with E-state index in [9.17, 15) is 8.78 Å². The third-order valence-electron chi connectivity index (χ3n) is 1.66. The average molecular weight is 168 g/mol. The number of halogens is 2. The standard InChI is InChI=1S/C6H10F2OS/c1-4-2-6(9,3-10-4)5(7)8/h4-5,9H,2-3H2,1H3. The zero-order valence-electron chi connectivity index (χ0n) is 5.68. The molecule has 1 aliphatic rings. The Balaban J connectivity index is 2.54. The molecule has 0 amide bonds. The largest absolute Gasteiger partial charge is 0.383 e. The van der Waals surface area contributed by atoms with Crippen molar-refractivity contribution in [3.8, 4) is 0 Å². The summed E-state index contributed by atoms with van der Waals surface area (Å²) in [5, 5.41) is 9.33. The van der Waals surface area contributed by atoms with Gasteiger partial charge >= 0.3 is 0 Å². The number of aliphatic hydroxyl groups is 1. The second-order valence-corrected chi connectivity index (χ2v) is 4.16. The van der Waals surface area contributed by atoms with Crippen molar-refractivity contribution in [1.29, 1.82) is 0 Å². The van der Waals surface area contributed by atoms with Crippen LogP contribution in [0, 0.1) is 0 Å². The van der Waals surface area contributed by atoms with Crippen LogP contribution in [0.15, 0.2) is 0 Å². The maximum atomic E-state index is 12.0. The van der Waals surface area contributed by atoms with Crippen molar-refractivity contribution in [3.63, 3.8) is 0 Å². The van der Waals surface area contributed by atoms with Gasteiger partial charge in [-0.25, -0.2) is 8.78 Å². The van der Waals surface area contributed by atoms with Gasteiger partial charge in [0, 0.05) is 11.0 Å².